The molecule has 0 radical (unpaired) electrons. The number of aliphatic hydroxyl groups is 1. The molecule has 0 saturated carbocycles. The Morgan fingerprint density at radius 3 is 3.00 bits per heavy atom. The number of anilines is 1. The Morgan fingerprint density at radius 2 is 2.30 bits per heavy atom. The highest BCUT2D eigenvalue weighted by Crippen LogP contribution is 2.24. The summed E-state index contributed by atoms with van der Waals surface area (Å²) in [6.07, 6.45) is 4.88. The van der Waals surface area contributed by atoms with Crippen LogP contribution in [-0.2, 0) is 17.6 Å². The highest BCUT2D eigenvalue weighted by atomic mass is 16.5. The summed E-state index contributed by atoms with van der Waals surface area (Å²) in [4.78, 5) is 4.62. The number of aromatic nitrogens is 1. The fraction of sp³-hybridized carbons (Fsp3) is 0.600. The van der Waals surface area contributed by atoms with E-state index in [1.165, 1.54) is 12.0 Å². The maximum Gasteiger partial charge on any atom is 0.144 e. The molecule has 0 aliphatic heterocycles. The number of nitrogens with one attached hydrogen (secondary N) is 1. The van der Waals surface area contributed by atoms with Crippen LogP contribution in [0.1, 0.15) is 36.1 Å². The van der Waals surface area contributed by atoms with Crippen molar-refractivity contribution in [1.82, 2.24) is 4.98 Å². The lowest BCUT2D eigenvalue weighted by atomic mass is 9.95. The van der Waals surface area contributed by atoms with E-state index in [1.807, 2.05) is 6.07 Å². The number of ether oxygens (including phenoxy) is 1. The molecule has 1 aromatic rings. The van der Waals surface area contributed by atoms with Gasteiger partial charge in [-0.2, -0.15) is 5.26 Å². The van der Waals surface area contributed by atoms with E-state index in [0.29, 0.717) is 24.4 Å². The number of nitrogens with zero attached hydrogens (tertiary/aromatic N) is 2. The molecule has 1 aromatic heterocycles. The molecular formula is C15H21N3O2. The summed E-state index contributed by atoms with van der Waals surface area (Å²) < 4.78 is 5.13. The Kier molecular flexibility index (Phi) is 5.33. The molecule has 1 heterocycles. The third-order valence-corrected chi connectivity index (χ3v) is 3.61. The number of hydrogen-bond acceptors (Lipinski definition) is 5. The lowest BCUT2D eigenvalue weighted by Crippen LogP contribution is -2.27. The average molecular weight is 275 g/mol. The first-order valence-electron chi connectivity index (χ1n) is 7.07. The molecular weight excluding hydrogens is 254 g/mol. The minimum absolute atomic E-state index is 0.0359. The van der Waals surface area contributed by atoms with Crippen molar-refractivity contribution in [1.29, 1.82) is 5.26 Å². The Hall–Kier alpha value is -1.64. The van der Waals surface area contributed by atoms with Gasteiger partial charge in [0.05, 0.1) is 18.2 Å². The summed E-state index contributed by atoms with van der Waals surface area (Å²) in [7, 11) is 1.62. The normalized spacial score (nSPS) is 15.2. The Labute approximate surface area is 119 Å². The Morgan fingerprint density at radius 1 is 1.50 bits per heavy atom. The molecule has 0 fully saturated rings. The Bertz CT molecular complexity index is 491. The van der Waals surface area contributed by atoms with E-state index >= 15 is 0 Å². The van der Waals surface area contributed by atoms with Crippen LogP contribution in [0.2, 0.25) is 0 Å². The fourth-order valence-corrected chi connectivity index (χ4v) is 2.58. The van der Waals surface area contributed by atoms with Gasteiger partial charge in [0.25, 0.3) is 0 Å². The molecule has 5 nitrogen and oxygen atoms in total. The summed E-state index contributed by atoms with van der Waals surface area (Å²) in [5.41, 5.74) is 2.87. The molecule has 0 saturated heterocycles. The number of methoxy groups -OCH3 is 1. The van der Waals surface area contributed by atoms with Gasteiger partial charge in [-0.05, 0) is 43.7 Å². The van der Waals surface area contributed by atoms with Crippen molar-refractivity contribution in [2.45, 2.75) is 38.1 Å². The molecule has 0 spiro atoms. The van der Waals surface area contributed by atoms with E-state index in [2.05, 4.69) is 16.4 Å². The van der Waals surface area contributed by atoms with E-state index in [-0.39, 0.29) is 12.6 Å². The van der Waals surface area contributed by atoms with Crippen molar-refractivity contribution >= 4 is 5.82 Å². The van der Waals surface area contributed by atoms with Crippen molar-refractivity contribution in [3.05, 3.63) is 22.9 Å². The standard InChI is InChI=1S/C15H21N3O2/c1-20-10-13(6-7-19)17-15-12(9-16)8-11-4-2-3-5-14(11)18-15/h8,13,19H,2-7,10H2,1H3,(H,17,18). The van der Waals surface area contributed by atoms with Gasteiger partial charge in [0.15, 0.2) is 0 Å². The van der Waals surface area contributed by atoms with Crippen LogP contribution in [0, 0.1) is 11.3 Å². The molecule has 0 amide bonds. The average Bonchev–Trinajstić information content (AvgIpc) is 2.47. The van der Waals surface area contributed by atoms with Crippen LogP contribution in [0.5, 0.6) is 0 Å². The first kappa shape index (κ1) is 14.8. The number of aryl methyl sites for hydroxylation is 2. The number of hydrogen-bond donors (Lipinski definition) is 2. The summed E-state index contributed by atoms with van der Waals surface area (Å²) in [6.45, 7) is 0.554. The van der Waals surface area contributed by atoms with Gasteiger partial charge in [0.1, 0.15) is 11.9 Å². The molecule has 2 N–H and O–H groups in total. The zero-order valence-corrected chi connectivity index (χ0v) is 11.9. The third kappa shape index (κ3) is 3.47. The highest BCUT2D eigenvalue weighted by molar-refractivity contribution is 5.55. The van der Waals surface area contributed by atoms with Gasteiger partial charge >= 0.3 is 0 Å². The number of pyridine rings is 1. The molecule has 1 aliphatic carbocycles. The summed E-state index contributed by atoms with van der Waals surface area (Å²) >= 11 is 0. The second-order valence-corrected chi connectivity index (χ2v) is 5.12. The van der Waals surface area contributed by atoms with Crippen molar-refractivity contribution in [3.63, 3.8) is 0 Å². The van der Waals surface area contributed by atoms with Crippen LogP contribution in [0.25, 0.3) is 0 Å². The van der Waals surface area contributed by atoms with Crippen LogP contribution < -0.4 is 5.32 Å². The number of rotatable bonds is 6. The first-order chi connectivity index (χ1) is 9.78. The van der Waals surface area contributed by atoms with Gasteiger partial charge in [0, 0.05) is 19.4 Å². The molecule has 20 heavy (non-hydrogen) atoms. The molecule has 1 atom stereocenters. The smallest absolute Gasteiger partial charge is 0.144 e. The van der Waals surface area contributed by atoms with E-state index in [0.717, 1.165) is 25.0 Å². The summed E-state index contributed by atoms with van der Waals surface area (Å²) in [5.74, 6) is 0.614. The van der Waals surface area contributed by atoms with Gasteiger partial charge in [-0.15, -0.1) is 0 Å². The van der Waals surface area contributed by atoms with Gasteiger partial charge in [-0.1, -0.05) is 0 Å². The van der Waals surface area contributed by atoms with E-state index in [1.54, 1.807) is 7.11 Å². The van der Waals surface area contributed by atoms with Crippen LogP contribution in [0.15, 0.2) is 6.07 Å². The van der Waals surface area contributed by atoms with E-state index < -0.39 is 0 Å². The van der Waals surface area contributed by atoms with Crippen LogP contribution in [0.4, 0.5) is 5.82 Å². The second-order valence-electron chi connectivity index (χ2n) is 5.12. The predicted molar refractivity (Wildman–Crippen MR) is 76.6 cm³/mol. The zero-order valence-electron chi connectivity index (χ0n) is 11.9. The van der Waals surface area contributed by atoms with Crippen molar-refractivity contribution in [2.24, 2.45) is 0 Å². The lowest BCUT2D eigenvalue weighted by molar-refractivity contribution is 0.170. The molecule has 2 rings (SSSR count). The number of nitriles is 1. The number of fused-ring (bicyclic) bond motifs is 1. The lowest BCUT2D eigenvalue weighted by Gasteiger charge is -2.21. The minimum Gasteiger partial charge on any atom is -0.396 e. The summed E-state index contributed by atoms with van der Waals surface area (Å²) in [5, 5.41) is 21.6. The molecule has 108 valence electrons. The van der Waals surface area contributed by atoms with E-state index in [4.69, 9.17) is 9.84 Å². The second kappa shape index (κ2) is 7.22. The first-order valence-corrected chi connectivity index (χ1v) is 7.07. The molecule has 0 bridgehead atoms. The van der Waals surface area contributed by atoms with Gasteiger partial charge in [-0.3, -0.25) is 0 Å². The van der Waals surface area contributed by atoms with Crippen molar-refractivity contribution in [2.75, 3.05) is 25.6 Å². The predicted octanol–water partition coefficient (Wildman–Crippen LogP) is 1.64. The minimum atomic E-state index is -0.0359. The fourth-order valence-electron chi connectivity index (χ4n) is 2.58. The molecule has 5 heteroatoms. The Balaban J connectivity index is 2.23. The molecule has 1 unspecified atom stereocenters. The van der Waals surface area contributed by atoms with Gasteiger partial charge in [-0.25, -0.2) is 4.98 Å². The topological polar surface area (TPSA) is 78.2 Å². The SMILES string of the molecule is COCC(CCO)Nc1nc2c(cc1C#N)CCCC2. The molecule has 0 aromatic carbocycles. The maximum absolute atomic E-state index is 9.28. The van der Waals surface area contributed by atoms with Gasteiger partial charge < -0.3 is 15.2 Å². The number of aliphatic hydroxyl groups excluding tert-OH is 1. The molecule has 1 aliphatic rings. The zero-order chi connectivity index (χ0) is 14.4. The van der Waals surface area contributed by atoms with E-state index in [9.17, 15) is 5.26 Å². The monoisotopic (exact) mass is 275 g/mol. The third-order valence-electron chi connectivity index (χ3n) is 3.61. The van der Waals surface area contributed by atoms with Crippen molar-refractivity contribution < 1.29 is 9.84 Å². The van der Waals surface area contributed by atoms with Crippen LogP contribution in [0.3, 0.4) is 0 Å². The van der Waals surface area contributed by atoms with Crippen LogP contribution in [-0.4, -0.2) is 36.5 Å². The quantitative estimate of drug-likeness (QED) is 0.825. The van der Waals surface area contributed by atoms with Crippen molar-refractivity contribution in [3.8, 4) is 6.07 Å². The summed E-state index contributed by atoms with van der Waals surface area (Å²) in [6, 6.07) is 4.12. The van der Waals surface area contributed by atoms with Crippen LogP contribution >= 0.6 is 0 Å². The maximum atomic E-state index is 9.28. The largest absolute Gasteiger partial charge is 0.396 e. The van der Waals surface area contributed by atoms with Gasteiger partial charge in [0.2, 0.25) is 0 Å². The highest BCUT2D eigenvalue weighted by Gasteiger charge is 2.17.